The molecule has 22 heavy (non-hydrogen) atoms. The Kier molecular flexibility index (Phi) is 3.16. The summed E-state index contributed by atoms with van der Waals surface area (Å²) in [7, 11) is 0. The fourth-order valence-corrected chi connectivity index (χ4v) is 2.30. The lowest BCUT2D eigenvalue weighted by atomic mass is 10.2. The molecule has 0 spiro atoms. The summed E-state index contributed by atoms with van der Waals surface area (Å²) in [5, 5.41) is 20.5. The Morgan fingerprint density at radius 3 is 2.45 bits per heavy atom. The number of carbonyl (C=O) groups is 1. The summed E-state index contributed by atoms with van der Waals surface area (Å²) in [4.78, 5) is 22.7. The number of para-hydroxylation sites is 1. The topological polar surface area (TPSA) is 88.9 Å². The molecule has 3 rings (SSSR count). The van der Waals surface area contributed by atoms with E-state index in [9.17, 15) is 14.9 Å². The normalized spacial score (nSPS) is 10.3. The van der Waals surface area contributed by atoms with E-state index < -0.39 is 4.92 Å². The molecule has 0 N–H and O–H groups in total. The SMILES string of the molecule is N#Cc1cn(C(=O)c2ccc([N+](=O)[O-])cc2)c2ccccc12. The minimum atomic E-state index is -0.521. The zero-order valence-corrected chi connectivity index (χ0v) is 11.3. The lowest BCUT2D eigenvalue weighted by Gasteiger charge is -2.03. The number of hydrogen-bond donors (Lipinski definition) is 0. The summed E-state index contributed by atoms with van der Waals surface area (Å²) in [6.45, 7) is 0. The third-order valence-corrected chi connectivity index (χ3v) is 3.38. The first-order valence-corrected chi connectivity index (χ1v) is 6.41. The molecule has 0 radical (unpaired) electrons. The van der Waals surface area contributed by atoms with Gasteiger partial charge in [0.25, 0.3) is 11.6 Å². The number of nitro benzene ring substituents is 1. The molecule has 0 unspecified atom stereocenters. The molecule has 0 fully saturated rings. The average Bonchev–Trinajstić information content (AvgIpc) is 2.93. The van der Waals surface area contributed by atoms with Crippen molar-refractivity contribution in [3.8, 4) is 6.07 Å². The summed E-state index contributed by atoms with van der Waals surface area (Å²) in [5.41, 5.74) is 1.27. The van der Waals surface area contributed by atoms with Crippen LogP contribution in [0.3, 0.4) is 0 Å². The minimum Gasteiger partial charge on any atom is -0.282 e. The van der Waals surface area contributed by atoms with Gasteiger partial charge in [0, 0.05) is 29.3 Å². The summed E-state index contributed by atoms with van der Waals surface area (Å²) in [6, 6.07) is 14.5. The predicted octanol–water partition coefficient (Wildman–Crippen LogP) is 3.11. The monoisotopic (exact) mass is 291 g/mol. The number of benzene rings is 2. The number of non-ortho nitro benzene ring substituents is 1. The van der Waals surface area contributed by atoms with Crippen molar-refractivity contribution in [2.45, 2.75) is 0 Å². The number of carbonyl (C=O) groups excluding carboxylic acids is 1. The molecule has 2 aromatic carbocycles. The van der Waals surface area contributed by atoms with Crippen LogP contribution >= 0.6 is 0 Å². The highest BCUT2D eigenvalue weighted by Crippen LogP contribution is 2.22. The number of rotatable bonds is 2. The standard InChI is InChI=1S/C16H9N3O3/c17-9-12-10-18(15-4-2-1-3-14(12)15)16(20)11-5-7-13(8-6-11)19(21)22/h1-8,10H. The largest absolute Gasteiger partial charge is 0.282 e. The third-order valence-electron chi connectivity index (χ3n) is 3.38. The first-order valence-electron chi connectivity index (χ1n) is 6.41. The predicted molar refractivity (Wildman–Crippen MR) is 79.5 cm³/mol. The first kappa shape index (κ1) is 13.5. The van der Waals surface area contributed by atoms with E-state index in [2.05, 4.69) is 6.07 Å². The van der Waals surface area contributed by atoms with Gasteiger partial charge < -0.3 is 0 Å². The maximum Gasteiger partial charge on any atom is 0.269 e. The lowest BCUT2D eigenvalue weighted by molar-refractivity contribution is -0.384. The van der Waals surface area contributed by atoms with E-state index in [0.717, 1.165) is 0 Å². The molecule has 6 heteroatoms. The van der Waals surface area contributed by atoms with E-state index in [-0.39, 0.29) is 11.6 Å². The first-order chi connectivity index (χ1) is 10.6. The smallest absolute Gasteiger partial charge is 0.269 e. The Labute approximate surface area is 125 Å². The molecule has 0 atom stereocenters. The number of nitro groups is 1. The Balaban J connectivity index is 2.09. The Hall–Kier alpha value is -3.46. The number of aromatic nitrogens is 1. The second kappa shape index (κ2) is 5.14. The van der Waals surface area contributed by atoms with Crippen LogP contribution in [0.4, 0.5) is 5.69 Å². The molecule has 0 aliphatic rings. The fourth-order valence-electron chi connectivity index (χ4n) is 2.30. The number of nitrogens with zero attached hydrogens (tertiary/aromatic N) is 3. The van der Waals surface area contributed by atoms with E-state index in [1.807, 2.05) is 0 Å². The summed E-state index contributed by atoms with van der Waals surface area (Å²) in [6.07, 6.45) is 1.48. The minimum absolute atomic E-state index is 0.0772. The van der Waals surface area contributed by atoms with Gasteiger partial charge in [-0.15, -0.1) is 0 Å². The van der Waals surface area contributed by atoms with Crippen LogP contribution in [0.1, 0.15) is 15.9 Å². The highest BCUT2D eigenvalue weighted by molar-refractivity contribution is 6.03. The van der Waals surface area contributed by atoms with Gasteiger partial charge in [-0.3, -0.25) is 19.5 Å². The van der Waals surface area contributed by atoms with Gasteiger partial charge in [0.15, 0.2) is 0 Å². The van der Waals surface area contributed by atoms with Gasteiger partial charge in [0.05, 0.1) is 16.0 Å². The van der Waals surface area contributed by atoms with Gasteiger partial charge >= 0.3 is 0 Å². The van der Waals surface area contributed by atoms with Crippen molar-refractivity contribution in [2.75, 3.05) is 0 Å². The van der Waals surface area contributed by atoms with E-state index >= 15 is 0 Å². The van der Waals surface area contributed by atoms with Crippen molar-refractivity contribution in [3.05, 3.63) is 76.0 Å². The lowest BCUT2D eigenvalue weighted by Crippen LogP contribution is -2.10. The Morgan fingerprint density at radius 2 is 1.82 bits per heavy atom. The molecule has 0 saturated carbocycles. The van der Waals surface area contributed by atoms with Crippen molar-refractivity contribution in [3.63, 3.8) is 0 Å². The van der Waals surface area contributed by atoms with Crippen LogP contribution < -0.4 is 0 Å². The molecular formula is C16H9N3O3. The third kappa shape index (κ3) is 2.11. The molecule has 0 aliphatic carbocycles. The molecule has 1 aromatic heterocycles. The maximum absolute atomic E-state index is 12.6. The van der Waals surface area contributed by atoms with E-state index in [0.29, 0.717) is 22.0 Å². The molecule has 0 saturated heterocycles. The Bertz CT molecular complexity index is 933. The number of hydrogen-bond acceptors (Lipinski definition) is 4. The number of nitriles is 1. The highest BCUT2D eigenvalue weighted by atomic mass is 16.6. The zero-order valence-electron chi connectivity index (χ0n) is 11.3. The van der Waals surface area contributed by atoms with Gasteiger partial charge in [-0.2, -0.15) is 5.26 Å². The molecule has 1 heterocycles. The number of fused-ring (bicyclic) bond motifs is 1. The van der Waals surface area contributed by atoms with Crippen molar-refractivity contribution >= 4 is 22.5 Å². The van der Waals surface area contributed by atoms with E-state index in [1.54, 1.807) is 24.3 Å². The molecule has 0 amide bonds. The van der Waals surface area contributed by atoms with Crippen LogP contribution in [0, 0.1) is 21.4 Å². The van der Waals surface area contributed by atoms with Crippen LogP contribution in [-0.2, 0) is 0 Å². The van der Waals surface area contributed by atoms with Crippen LogP contribution in [0.25, 0.3) is 10.9 Å². The van der Waals surface area contributed by atoms with E-state index in [1.165, 1.54) is 35.0 Å². The van der Waals surface area contributed by atoms with Crippen molar-refractivity contribution in [2.24, 2.45) is 0 Å². The van der Waals surface area contributed by atoms with Crippen molar-refractivity contribution in [1.82, 2.24) is 4.57 Å². The average molecular weight is 291 g/mol. The summed E-state index contributed by atoms with van der Waals surface area (Å²) in [5.74, 6) is -0.340. The van der Waals surface area contributed by atoms with Gasteiger partial charge in [-0.25, -0.2) is 0 Å². The highest BCUT2D eigenvalue weighted by Gasteiger charge is 2.16. The van der Waals surface area contributed by atoms with Crippen LogP contribution in [0.15, 0.2) is 54.7 Å². The quantitative estimate of drug-likeness (QED) is 0.536. The van der Waals surface area contributed by atoms with E-state index in [4.69, 9.17) is 5.26 Å². The summed E-state index contributed by atoms with van der Waals surface area (Å²) >= 11 is 0. The maximum atomic E-state index is 12.6. The van der Waals surface area contributed by atoms with Crippen LogP contribution in [0.5, 0.6) is 0 Å². The molecule has 0 aliphatic heterocycles. The van der Waals surface area contributed by atoms with Gasteiger partial charge in [-0.1, -0.05) is 18.2 Å². The van der Waals surface area contributed by atoms with Gasteiger partial charge in [0.2, 0.25) is 0 Å². The molecular weight excluding hydrogens is 282 g/mol. The summed E-state index contributed by atoms with van der Waals surface area (Å²) < 4.78 is 1.38. The van der Waals surface area contributed by atoms with Crippen LogP contribution in [0.2, 0.25) is 0 Å². The second-order valence-electron chi connectivity index (χ2n) is 4.65. The van der Waals surface area contributed by atoms with Gasteiger partial charge in [-0.05, 0) is 18.2 Å². The molecule has 106 valence electrons. The van der Waals surface area contributed by atoms with Gasteiger partial charge in [0.1, 0.15) is 6.07 Å². The second-order valence-corrected chi connectivity index (χ2v) is 4.65. The van der Waals surface area contributed by atoms with Crippen molar-refractivity contribution < 1.29 is 9.72 Å². The molecule has 6 nitrogen and oxygen atoms in total. The fraction of sp³-hybridized carbons (Fsp3) is 0. The zero-order chi connectivity index (χ0) is 15.7. The Morgan fingerprint density at radius 1 is 1.14 bits per heavy atom. The van der Waals surface area contributed by atoms with Crippen molar-refractivity contribution in [1.29, 1.82) is 5.26 Å². The molecule has 0 bridgehead atoms. The van der Waals surface area contributed by atoms with Crippen LogP contribution in [-0.4, -0.2) is 15.4 Å². The molecule has 3 aromatic rings.